The van der Waals surface area contributed by atoms with Crippen molar-refractivity contribution in [1.29, 1.82) is 0 Å². The molecule has 7 nitrogen and oxygen atoms in total. The van der Waals surface area contributed by atoms with Gasteiger partial charge in [0.05, 0.1) is 11.7 Å². The van der Waals surface area contributed by atoms with Crippen LogP contribution in [0.5, 0.6) is 0 Å². The van der Waals surface area contributed by atoms with Gasteiger partial charge in [-0.05, 0) is 48.0 Å². The first-order chi connectivity index (χ1) is 13.7. The molecule has 0 radical (unpaired) electrons. The molecule has 2 N–H and O–H groups in total. The maximum absolute atomic E-state index is 12.6. The minimum absolute atomic E-state index is 0.222. The summed E-state index contributed by atoms with van der Waals surface area (Å²) in [5.41, 5.74) is 4.37. The summed E-state index contributed by atoms with van der Waals surface area (Å²) in [5, 5.41) is 17.3. The zero-order valence-electron chi connectivity index (χ0n) is 15.0. The quantitative estimate of drug-likeness (QED) is 0.507. The van der Waals surface area contributed by atoms with Gasteiger partial charge in [-0.2, -0.15) is 5.10 Å². The topological polar surface area (TPSA) is 88.5 Å². The maximum atomic E-state index is 12.6. The minimum atomic E-state index is -0.222. The zero-order valence-corrected chi connectivity index (χ0v) is 15.0. The largest absolute Gasteiger partial charge is 0.361 e. The van der Waals surface area contributed by atoms with Gasteiger partial charge in [0.15, 0.2) is 5.82 Å². The number of nitrogens with one attached hydrogen (secondary N) is 2. The van der Waals surface area contributed by atoms with E-state index in [1.54, 1.807) is 10.7 Å². The number of nitrogens with zero attached hydrogens (tertiary/aromatic N) is 4. The number of rotatable bonds is 3. The van der Waals surface area contributed by atoms with Crippen molar-refractivity contribution in [2.75, 3.05) is 5.32 Å². The molecule has 5 aromatic rings. The number of fused-ring (bicyclic) bond motifs is 2. The second kappa shape index (κ2) is 6.31. The third kappa shape index (κ3) is 2.88. The second-order valence-corrected chi connectivity index (χ2v) is 6.64. The van der Waals surface area contributed by atoms with Crippen molar-refractivity contribution in [2.45, 2.75) is 0 Å². The molecule has 1 amide bonds. The van der Waals surface area contributed by atoms with Gasteiger partial charge in [0.1, 0.15) is 0 Å². The highest BCUT2D eigenvalue weighted by Gasteiger charge is 2.10. The van der Waals surface area contributed by atoms with Crippen LogP contribution in [0.25, 0.3) is 32.9 Å². The second-order valence-electron chi connectivity index (χ2n) is 6.64. The number of benzene rings is 2. The number of hydrogen-bond acceptors (Lipinski definition) is 4. The molecule has 0 saturated carbocycles. The highest BCUT2D eigenvalue weighted by molar-refractivity contribution is 6.06. The third-order valence-electron chi connectivity index (χ3n) is 4.68. The predicted molar refractivity (Wildman–Crippen MR) is 108 cm³/mol. The lowest BCUT2D eigenvalue weighted by Gasteiger charge is -2.06. The van der Waals surface area contributed by atoms with Crippen molar-refractivity contribution in [2.24, 2.45) is 7.05 Å². The van der Waals surface area contributed by atoms with E-state index in [0.29, 0.717) is 11.4 Å². The normalized spacial score (nSPS) is 11.2. The Hall–Kier alpha value is -4.00. The number of aromatic nitrogens is 5. The molecule has 0 unspecified atom stereocenters. The van der Waals surface area contributed by atoms with E-state index < -0.39 is 0 Å². The van der Waals surface area contributed by atoms with Crippen molar-refractivity contribution in [3.8, 4) is 11.1 Å². The fraction of sp³-hybridized carbons (Fsp3) is 0.0476. The average molecular weight is 368 g/mol. The zero-order chi connectivity index (χ0) is 19.1. The first-order valence-electron chi connectivity index (χ1n) is 8.81. The number of amides is 1. The number of carbonyl (C=O) groups excluding carboxylic acids is 1. The number of H-pyrrole nitrogens is 1. The molecule has 28 heavy (non-hydrogen) atoms. The summed E-state index contributed by atoms with van der Waals surface area (Å²) < 4.78 is 1.76. The maximum Gasteiger partial charge on any atom is 0.256 e. The fourth-order valence-corrected chi connectivity index (χ4v) is 3.24. The van der Waals surface area contributed by atoms with Gasteiger partial charge in [-0.15, -0.1) is 10.2 Å². The minimum Gasteiger partial charge on any atom is -0.361 e. The van der Waals surface area contributed by atoms with E-state index in [2.05, 4.69) is 25.6 Å². The Bertz CT molecular complexity index is 1330. The number of aryl methyl sites for hydroxylation is 1. The SMILES string of the molecule is Cn1cc(-c2ccc3nnc(NC(=O)c4ccc5[nH]ccc5c4)cc3c2)cn1. The lowest BCUT2D eigenvalue weighted by atomic mass is 10.1. The Labute approximate surface area is 160 Å². The number of carbonyl (C=O) groups is 1. The van der Waals surface area contributed by atoms with Crippen LogP contribution in [0.3, 0.4) is 0 Å². The number of hydrogen-bond donors (Lipinski definition) is 2. The lowest BCUT2D eigenvalue weighted by molar-refractivity contribution is 0.102. The molecule has 0 aliphatic heterocycles. The molecule has 7 heteroatoms. The van der Waals surface area contributed by atoms with E-state index >= 15 is 0 Å². The Kier molecular flexibility index (Phi) is 3.65. The Balaban J connectivity index is 1.45. The van der Waals surface area contributed by atoms with Crippen LogP contribution in [-0.4, -0.2) is 30.9 Å². The van der Waals surface area contributed by atoms with Gasteiger partial charge in [0, 0.05) is 46.9 Å². The predicted octanol–water partition coefficient (Wildman–Crippen LogP) is 3.76. The van der Waals surface area contributed by atoms with Crippen molar-refractivity contribution in [3.63, 3.8) is 0 Å². The van der Waals surface area contributed by atoms with Crippen molar-refractivity contribution in [1.82, 2.24) is 25.0 Å². The van der Waals surface area contributed by atoms with Crippen LogP contribution in [0.4, 0.5) is 5.82 Å². The van der Waals surface area contributed by atoms with Gasteiger partial charge >= 0.3 is 0 Å². The molecule has 0 saturated heterocycles. The van der Waals surface area contributed by atoms with E-state index in [-0.39, 0.29) is 5.91 Å². The molecule has 3 heterocycles. The van der Waals surface area contributed by atoms with Gasteiger partial charge in [0.25, 0.3) is 5.91 Å². The molecule has 0 bridgehead atoms. The van der Waals surface area contributed by atoms with E-state index in [1.165, 1.54) is 0 Å². The van der Waals surface area contributed by atoms with Crippen LogP contribution in [0.15, 0.2) is 67.1 Å². The summed E-state index contributed by atoms with van der Waals surface area (Å²) in [4.78, 5) is 15.7. The van der Waals surface area contributed by atoms with Gasteiger partial charge in [-0.25, -0.2) is 0 Å². The van der Waals surface area contributed by atoms with Crippen molar-refractivity contribution in [3.05, 3.63) is 72.7 Å². The molecular formula is C21H16N6O. The van der Waals surface area contributed by atoms with Crippen LogP contribution in [0.2, 0.25) is 0 Å². The Morgan fingerprint density at radius 3 is 2.79 bits per heavy atom. The van der Waals surface area contributed by atoms with Crippen LogP contribution in [0.1, 0.15) is 10.4 Å². The van der Waals surface area contributed by atoms with Crippen LogP contribution in [0, 0.1) is 0 Å². The summed E-state index contributed by atoms with van der Waals surface area (Å²) in [7, 11) is 1.88. The van der Waals surface area contributed by atoms with Crippen molar-refractivity contribution >= 4 is 33.5 Å². The van der Waals surface area contributed by atoms with Crippen LogP contribution in [-0.2, 0) is 7.05 Å². The molecule has 0 fully saturated rings. The molecule has 0 atom stereocenters. The number of anilines is 1. The van der Waals surface area contributed by atoms with E-state index in [1.807, 2.05) is 68.1 Å². The summed E-state index contributed by atoms with van der Waals surface area (Å²) in [6.07, 6.45) is 5.62. The molecule has 0 aliphatic carbocycles. The standard InChI is InChI=1S/C21H16N6O/c1-27-12-17(11-23-27)13-2-5-19-16(8-13)10-20(26-25-19)24-21(28)15-3-4-18-14(9-15)6-7-22-18/h2-12,22H,1H3,(H,24,26,28). The average Bonchev–Trinajstić information content (AvgIpc) is 3.35. The van der Waals surface area contributed by atoms with Crippen LogP contribution >= 0.6 is 0 Å². The summed E-state index contributed by atoms with van der Waals surface area (Å²) in [6.45, 7) is 0. The van der Waals surface area contributed by atoms with E-state index in [0.717, 1.165) is 32.9 Å². The van der Waals surface area contributed by atoms with E-state index in [9.17, 15) is 4.79 Å². The first kappa shape index (κ1) is 16.2. The molecule has 136 valence electrons. The summed E-state index contributed by atoms with van der Waals surface area (Å²) in [6, 6.07) is 15.2. The highest BCUT2D eigenvalue weighted by atomic mass is 16.1. The summed E-state index contributed by atoms with van der Waals surface area (Å²) >= 11 is 0. The van der Waals surface area contributed by atoms with Crippen molar-refractivity contribution < 1.29 is 4.79 Å². The molecule has 0 spiro atoms. The summed E-state index contributed by atoms with van der Waals surface area (Å²) in [5.74, 6) is 0.190. The Morgan fingerprint density at radius 1 is 1.00 bits per heavy atom. The molecular weight excluding hydrogens is 352 g/mol. The van der Waals surface area contributed by atoms with Gasteiger partial charge in [0.2, 0.25) is 0 Å². The first-order valence-corrected chi connectivity index (χ1v) is 8.81. The Morgan fingerprint density at radius 2 is 1.93 bits per heavy atom. The van der Waals surface area contributed by atoms with Gasteiger partial charge < -0.3 is 10.3 Å². The van der Waals surface area contributed by atoms with E-state index in [4.69, 9.17) is 0 Å². The van der Waals surface area contributed by atoms with Gasteiger partial charge in [-0.1, -0.05) is 6.07 Å². The lowest BCUT2D eigenvalue weighted by Crippen LogP contribution is -2.13. The number of aromatic amines is 1. The van der Waals surface area contributed by atoms with Crippen LogP contribution < -0.4 is 5.32 Å². The monoisotopic (exact) mass is 368 g/mol. The smallest absolute Gasteiger partial charge is 0.256 e. The van der Waals surface area contributed by atoms with Gasteiger partial charge in [-0.3, -0.25) is 9.48 Å². The molecule has 3 aromatic heterocycles. The highest BCUT2D eigenvalue weighted by Crippen LogP contribution is 2.24. The fourth-order valence-electron chi connectivity index (χ4n) is 3.24. The third-order valence-corrected chi connectivity index (χ3v) is 4.68. The molecule has 5 rings (SSSR count). The molecule has 0 aliphatic rings. The molecule has 2 aromatic carbocycles.